The molecule has 0 saturated carbocycles. The minimum atomic E-state index is -0.447. The Bertz CT molecular complexity index is 336. The van der Waals surface area contributed by atoms with Crippen LogP contribution in [0.15, 0.2) is 0 Å². The average Bonchev–Trinajstić information content (AvgIpc) is 2.28. The number of amides is 1. The summed E-state index contributed by atoms with van der Waals surface area (Å²) in [4.78, 5) is 13.6. The Kier molecular flexibility index (Phi) is 4.92. The van der Waals surface area contributed by atoms with E-state index in [-0.39, 0.29) is 10.8 Å². The lowest BCUT2D eigenvalue weighted by atomic mass is 9.93. The second-order valence-electron chi connectivity index (χ2n) is 5.69. The number of carbonyl (C=O) groups excluding carboxylic acids is 1. The van der Waals surface area contributed by atoms with Crippen LogP contribution in [0.3, 0.4) is 0 Å². The van der Waals surface area contributed by atoms with E-state index in [1.807, 2.05) is 27.0 Å². The van der Waals surface area contributed by atoms with Gasteiger partial charge in [-0.2, -0.15) is 17.0 Å². The van der Waals surface area contributed by atoms with Crippen LogP contribution in [0, 0.1) is 11.3 Å². The summed E-state index contributed by atoms with van der Waals surface area (Å²) in [7, 11) is 0. The van der Waals surface area contributed by atoms with Crippen LogP contribution in [-0.2, 0) is 4.74 Å². The molecule has 1 aliphatic heterocycles. The Labute approximate surface area is 114 Å². The predicted molar refractivity (Wildman–Crippen MR) is 73.5 cm³/mol. The summed E-state index contributed by atoms with van der Waals surface area (Å²) in [5, 5.41) is 8.87. The van der Waals surface area contributed by atoms with Crippen molar-refractivity contribution in [2.45, 2.75) is 50.4 Å². The molecule has 0 N–H and O–H groups in total. The molecule has 0 aliphatic carbocycles. The molecule has 1 rings (SSSR count). The van der Waals surface area contributed by atoms with Crippen LogP contribution in [0.2, 0.25) is 0 Å². The van der Waals surface area contributed by atoms with Gasteiger partial charge in [0.2, 0.25) is 0 Å². The molecular weight excluding hydrogens is 248 g/mol. The first kappa shape index (κ1) is 15.2. The van der Waals surface area contributed by atoms with Crippen molar-refractivity contribution in [2.24, 2.45) is 0 Å². The number of piperidine rings is 1. The molecule has 5 heteroatoms. The second kappa shape index (κ2) is 5.83. The van der Waals surface area contributed by atoms with Crippen LogP contribution in [0.4, 0.5) is 4.79 Å². The molecular formula is C13H22N2O2S. The third-order valence-corrected chi connectivity index (χ3v) is 4.58. The largest absolute Gasteiger partial charge is 0.444 e. The van der Waals surface area contributed by atoms with Crippen LogP contribution in [0.25, 0.3) is 0 Å². The summed E-state index contributed by atoms with van der Waals surface area (Å²) in [6, 6.07) is 2.26. The van der Waals surface area contributed by atoms with E-state index in [1.54, 1.807) is 16.7 Å². The van der Waals surface area contributed by atoms with Gasteiger partial charge >= 0.3 is 6.09 Å². The van der Waals surface area contributed by atoms with E-state index in [2.05, 4.69) is 6.07 Å². The maximum absolute atomic E-state index is 11.9. The fourth-order valence-corrected chi connectivity index (χ4v) is 2.82. The zero-order valence-corrected chi connectivity index (χ0v) is 12.5. The van der Waals surface area contributed by atoms with Crippen molar-refractivity contribution in [2.75, 3.05) is 19.3 Å². The molecule has 0 bridgehead atoms. The van der Waals surface area contributed by atoms with E-state index in [4.69, 9.17) is 10.00 Å². The molecule has 1 fully saturated rings. The third-order valence-electron chi connectivity index (χ3n) is 3.16. The monoisotopic (exact) mass is 270 g/mol. The Morgan fingerprint density at radius 3 is 2.39 bits per heavy atom. The maximum Gasteiger partial charge on any atom is 0.410 e. The summed E-state index contributed by atoms with van der Waals surface area (Å²) >= 11 is 1.74. The lowest BCUT2D eigenvalue weighted by molar-refractivity contribution is 0.0198. The van der Waals surface area contributed by atoms with Crippen molar-refractivity contribution < 1.29 is 9.53 Å². The number of carbonyl (C=O) groups is 1. The quantitative estimate of drug-likeness (QED) is 0.774. The molecule has 1 heterocycles. The van der Waals surface area contributed by atoms with Gasteiger partial charge in [0.1, 0.15) is 5.60 Å². The highest BCUT2D eigenvalue weighted by Gasteiger charge is 2.36. The Balaban J connectivity index is 2.53. The van der Waals surface area contributed by atoms with Crippen molar-refractivity contribution >= 4 is 17.9 Å². The smallest absolute Gasteiger partial charge is 0.410 e. The molecule has 18 heavy (non-hydrogen) atoms. The Morgan fingerprint density at radius 1 is 1.44 bits per heavy atom. The molecule has 0 aromatic heterocycles. The highest BCUT2D eigenvalue weighted by molar-refractivity contribution is 8.00. The van der Waals surface area contributed by atoms with Crippen molar-refractivity contribution in [3.8, 4) is 6.07 Å². The molecule has 0 aromatic rings. The molecule has 0 unspecified atom stereocenters. The van der Waals surface area contributed by atoms with Crippen LogP contribution < -0.4 is 0 Å². The fourth-order valence-electron chi connectivity index (χ4n) is 2.02. The van der Waals surface area contributed by atoms with Crippen molar-refractivity contribution in [3.05, 3.63) is 0 Å². The van der Waals surface area contributed by atoms with Gasteiger partial charge in [-0.15, -0.1) is 0 Å². The Morgan fingerprint density at radius 2 is 2.00 bits per heavy atom. The first-order chi connectivity index (χ1) is 8.32. The van der Waals surface area contributed by atoms with Crippen LogP contribution >= 0.6 is 11.8 Å². The number of rotatable bonds is 2. The van der Waals surface area contributed by atoms with Crippen molar-refractivity contribution in [3.63, 3.8) is 0 Å². The fraction of sp³-hybridized carbons (Fsp3) is 0.846. The lowest BCUT2D eigenvalue weighted by Gasteiger charge is -2.39. The molecule has 0 spiro atoms. The van der Waals surface area contributed by atoms with Gasteiger partial charge in [0, 0.05) is 24.3 Å². The van der Waals surface area contributed by atoms with Gasteiger partial charge in [0.25, 0.3) is 0 Å². The van der Waals surface area contributed by atoms with Gasteiger partial charge in [0.15, 0.2) is 0 Å². The number of nitrogens with zero attached hydrogens (tertiary/aromatic N) is 2. The van der Waals surface area contributed by atoms with Gasteiger partial charge < -0.3 is 9.64 Å². The van der Waals surface area contributed by atoms with E-state index in [0.717, 1.165) is 12.8 Å². The minimum absolute atomic E-state index is 0.0211. The molecule has 1 aliphatic rings. The van der Waals surface area contributed by atoms with Gasteiger partial charge in [-0.25, -0.2) is 4.79 Å². The number of nitriles is 1. The molecule has 0 radical (unpaired) electrons. The van der Waals surface area contributed by atoms with Gasteiger partial charge in [0.05, 0.1) is 6.07 Å². The molecule has 0 aromatic carbocycles. The highest BCUT2D eigenvalue weighted by atomic mass is 32.2. The standard InChI is InChI=1S/C13H22N2O2S/c1-12(2,3)17-11(16)15-9-6-13(18-4,5-8-14)7-10-15/h5-7,9-10H2,1-4H3. The van der Waals surface area contributed by atoms with E-state index in [0.29, 0.717) is 19.5 Å². The Hall–Kier alpha value is -0.890. The maximum atomic E-state index is 11.9. The zero-order chi connectivity index (χ0) is 13.8. The van der Waals surface area contributed by atoms with E-state index in [1.165, 1.54) is 0 Å². The second-order valence-corrected chi connectivity index (χ2v) is 6.96. The summed E-state index contributed by atoms with van der Waals surface area (Å²) in [6.07, 6.45) is 4.08. The summed E-state index contributed by atoms with van der Waals surface area (Å²) in [5.41, 5.74) is -0.447. The first-order valence-corrected chi connectivity index (χ1v) is 7.44. The summed E-state index contributed by atoms with van der Waals surface area (Å²) < 4.78 is 5.38. The van der Waals surface area contributed by atoms with E-state index in [9.17, 15) is 4.79 Å². The first-order valence-electron chi connectivity index (χ1n) is 6.22. The van der Waals surface area contributed by atoms with Gasteiger partial charge in [-0.1, -0.05) is 0 Å². The molecule has 0 atom stereocenters. The molecule has 1 amide bonds. The number of hydrogen-bond acceptors (Lipinski definition) is 4. The number of thioether (sulfide) groups is 1. The molecule has 102 valence electrons. The average molecular weight is 270 g/mol. The summed E-state index contributed by atoms with van der Waals surface area (Å²) in [6.45, 7) is 6.97. The van der Waals surface area contributed by atoms with Crippen LogP contribution in [0.5, 0.6) is 0 Å². The van der Waals surface area contributed by atoms with Gasteiger partial charge in [-0.05, 0) is 39.9 Å². The number of hydrogen-bond donors (Lipinski definition) is 0. The zero-order valence-electron chi connectivity index (χ0n) is 11.7. The normalized spacial score (nSPS) is 19.2. The lowest BCUT2D eigenvalue weighted by Crippen LogP contribution is -2.46. The topological polar surface area (TPSA) is 53.3 Å². The van der Waals surface area contributed by atoms with E-state index < -0.39 is 5.60 Å². The highest BCUT2D eigenvalue weighted by Crippen LogP contribution is 2.37. The molecule has 1 saturated heterocycles. The van der Waals surface area contributed by atoms with E-state index >= 15 is 0 Å². The SMILES string of the molecule is CSC1(CC#N)CCN(C(=O)OC(C)(C)C)CC1. The third kappa shape index (κ3) is 4.09. The summed E-state index contributed by atoms with van der Waals surface area (Å²) in [5.74, 6) is 0. The van der Waals surface area contributed by atoms with Gasteiger partial charge in [-0.3, -0.25) is 0 Å². The number of ether oxygens (including phenoxy) is 1. The predicted octanol–water partition coefficient (Wildman–Crippen LogP) is 3.03. The van der Waals surface area contributed by atoms with Crippen LogP contribution in [-0.4, -0.2) is 40.7 Å². The minimum Gasteiger partial charge on any atom is -0.444 e. The van der Waals surface area contributed by atoms with Crippen molar-refractivity contribution in [1.82, 2.24) is 4.90 Å². The van der Waals surface area contributed by atoms with Crippen LogP contribution in [0.1, 0.15) is 40.0 Å². The molecule has 4 nitrogen and oxygen atoms in total. The number of likely N-dealkylation sites (tertiary alicyclic amines) is 1. The van der Waals surface area contributed by atoms with Crippen molar-refractivity contribution in [1.29, 1.82) is 5.26 Å².